The van der Waals surface area contributed by atoms with Crippen molar-refractivity contribution in [3.8, 4) is 5.75 Å². The van der Waals surface area contributed by atoms with Gasteiger partial charge in [-0.1, -0.05) is 25.7 Å². The second kappa shape index (κ2) is 9.80. The summed E-state index contributed by atoms with van der Waals surface area (Å²) >= 11 is 0. The van der Waals surface area contributed by atoms with Crippen molar-refractivity contribution in [1.29, 1.82) is 0 Å². The maximum atomic E-state index is 12.4. The zero-order valence-corrected chi connectivity index (χ0v) is 16.2. The minimum atomic E-state index is -4.49. The number of hydrogen-bond acceptors (Lipinski definition) is 5. The van der Waals surface area contributed by atoms with E-state index < -0.39 is 30.9 Å². The maximum absolute atomic E-state index is 12.4. The molecule has 0 fully saturated rings. The van der Waals surface area contributed by atoms with Crippen molar-refractivity contribution in [3.05, 3.63) is 29.8 Å². The van der Waals surface area contributed by atoms with E-state index in [1.807, 2.05) is 0 Å². The monoisotopic (exact) mass is 436 g/mol. The normalized spacial score (nSPS) is 12.9. The van der Waals surface area contributed by atoms with Gasteiger partial charge < -0.3 is 4.18 Å². The predicted molar refractivity (Wildman–Crippen MR) is 93.2 cm³/mol. The van der Waals surface area contributed by atoms with Gasteiger partial charge in [-0.3, -0.25) is 0 Å². The van der Waals surface area contributed by atoms with Crippen LogP contribution in [-0.2, 0) is 25.3 Å². The van der Waals surface area contributed by atoms with Crippen LogP contribution in [0.1, 0.15) is 44.1 Å². The van der Waals surface area contributed by atoms with Gasteiger partial charge in [0, 0.05) is 10.7 Å². The fourth-order valence-electron chi connectivity index (χ4n) is 2.15. The number of rotatable bonds is 11. The molecule has 0 spiro atoms. The molecule has 0 radical (unpaired) electrons. The van der Waals surface area contributed by atoms with E-state index in [-0.39, 0.29) is 17.3 Å². The summed E-state index contributed by atoms with van der Waals surface area (Å²) in [5.74, 6) is -0.492. The SMILES string of the molecule is O=S(=O)(Cl)CCCCCCCCS(=O)(=O)Oc1ccc(C(F)(F)F)cc1. The Hall–Kier alpha value is -1.00. The zero-order chi connectivity index (χ0) is 19.8. The summed E-state index contributed by atoms with van der Waals surface area (Å²) in [5.41, 5.74) is -0.885. The molecule has 11 heteroatoms. The Kier molecular flexibility index (Phi) is 8.68. The van der Waals surface area contributed by atoms with Gasteiger partial charge in [0.05, 0.1) is 17.1 Å². The van der Waals surface area contributed by atoms with Crippen molar-refractivity contribution in [2.45, 2.75) is 44.7 Å². The molecule has 0 aliphatic carbocycles. The number of hydrogen-bond donors (Lipinski definition) is 0. The fourth-order valence-corrected chi connectivity index (χ4v) is 4.07. The Balaban J connectivity index is 2.28. The van der Waals surface area contributed by atoms with Crippen molar-refractivity contribution >= 4 is 29.9 Å². The molecule has 1 rings (SSSR count). The highest BCUT2D eigenvalue weighted by atomic mass is 35.7. The average Bonchev–Trinajstić information content (AvgIpc) is 2.48. The van der Waals surface area contributed by atoms with Crippen LogP contribution in [0.15, 0.2) is 24.3 Å². The van der Waals surface area contributed by atoms with Crippen molar-refractivity contribution in [2.24, 2.45) is 0 Å². The molecule has 1 aromatic carbocycles. The van der Waals surface area contributed by atoms with Crippen molar-refractivity contribution in [3.63, 3.8) is 0 Å². The lowest BCUT2D eigenvalue weighted by atomic mass is 10.1. The molecule has 150 valence electrons. The topological polar surface area (TPSA) is 77.5 Å². The molecular weight excluding hydrogens is 417 g/mol. The minimum absolute atomic E-state index is 0.0795. The van der Waals surface area contributed by atoms with Crippen LogP contribution in [-0.4, -0.2) is 28.3 Å². The summed E-state index contributed by atoms with van der Waals surface area (Å²) in [6.07, 6.45) is -0.905. The van der Waals surface area contributed by atoms with Gasteiger partial charge >= 0.3 is 16.3 Å². The molecule has 0 saturated carbocycles. The van der Waals surface area contributed by atoms with Crippen molar-refractivity contribution in [1.82, 2.24) is 0 Å². The standard InChI is InChI=1S/C15H20ClF3O5S2/c16-25(20,21)11-5-3-1-2-4-6-12-26(22,23)24-14-9-7-13(8-10-14)15(17,18)19/h7-10H,1-6,11-12H2. The lowest BCUT2D eigenvalue weighted by Gasteiger charge is -2.09. The molecule has 0 heterocycles. The van der Waals surface area contributed by atoms with Crippen LogP contribution in [0.2, 0.25) is 0 Å². The lowest BCUT2D eigenvalue weighted by molar-refractivity contribution is -0.137. The van der Waals surface area contributed by atoms with E-state index in [1.54, 1.807) is 0 Å². The smallest absolute Gasteiger partial charge is 0.382 e. The molecule has 0 aliphatic heterocycles. The van der Waals surface area contributed by atoms with Crippen molar-refractivity contribution in [2.75, 3.05) is 11.5 Å². The Bertz CT molecular complexity index is 759. The second-order valence-electron chi connectivity index (χ2n) is 5.73. The molecule has 0 amide bonds. The highest BCUT2D eigenvalue weighted by Gasteiger charge is 2.30. The Labute approximate surface area is 156 Å². The van der Waals surface area contributed by atoms with Crippen LogP contribution in [0.3, 0.4) is 0 Å². The number of alkyl halides is 3. The van der Waals surface area contributed by atoms with Gasteiger partial charge in [-0.15, -0.1) is 0 Å². The van der Waals surface area contributed by atoms with Gasteiger partial charge in [-0.2, -0.15) is 21.6 Å². The first-order valence-electron chi connectivity index (χ1n) is 7.91. The predicted octanol–water partition coefficient (Wildman–Crippen LogP) is 4.32. The quantitative estimate of drug-likeness (QED) is 0.293. The summed E-state index contributed by atoms with van der Waals surface area (Å²) in [5, 5.41) is 0. The Morgan fingerprint density at radius 3 is 1.73 bits per heavy atom. The number of halogens is 4. The molecular formula is C15H20ClF3O5S2. The first-order valence-corrected chi connectivity index (χ1v) is 12.0. The van der Waals surface area contributed by atoms with Crippen molar-refractivity contribution < 1.29 is 34.2 Å². The molecule has 1 aromatic rings. The first-order chi connectivity index (χ1) is 11.9. The second-order valence-corrected chi connectivity index (χ2v) is 10.3. The zero-order valence-electron chi connectivity index (χ0n) is 13.8. The Morgan fingerprint density at radius 1 is 0.808 bits per heavy atom. The van der Waals surface area contributed by atoms with E-state index in [9.17, 15) is 30.0 Å². The number of unbranched alkanes of at least 4 members (excludes halogenated alkanes) is 5. The molecule has 0 bridgehead atoms. The van der Waals surface area contributed by atoms with Crippen LogP contribution in [0.4, 0.5) is 13.2 Å². The number of benzene rings is 1. The van der Waals surface area contributed by atoms with Crippen LogP contribution >= 0.6 is 10.7 Å². The molecule has 0 saturated heterocycles. The maximum Gasteiger partial charge on any atom is 0.416 e. The van der Waals surface area contributed by atoms with Crippen LogP contribution in [0, 0.1) is 0 Å². The molecule has 0 aromatic heterocycles. The summed E-state index contributed by atoms with van der Waals surface area (Å²) in [6, 6.07) is 3.44. The third-order valence-electron chi connectivity index (χ3n) is 3.44. The summed E-state index contributed by atoms with van der Waals surface area (Å²) in [4.78, 5) is 0. The van der Waals surface area contributed by atoms with Gasteiger partial charge in [0.1, 0.15) is 5.75 Å². The lowest BCUT2D eigenvalue weighted by Crippen LogP contribution is -2.14. The van der Waals surface area contributed by atoms with E-state index in [2.05, 4.69) is 0 Å². The van der Waals surface area contributed by atoms with Gasteiger partial charge in [0.15, 0.2) is 0 Å². The van der Waals surface area contributed by atoms with Crippen LogP contribution in [0.25, 0.3) is 0 Å². The highest BCUT2D eigenvalue weighted by molar-refractivity contribution is 8.13. The summed E-state index contributed by atoms with van der Waals surface area (Å²) < 4.78 is 87.1. The molecule has 0 N–H and O–H groups in total. The fraction of sp³-hybridized carbons (Fsp3) is 0.600. The van der Waals surface area contributed by atoms with Gasteiger partial charge in [0.2, 0.25) is 9.05 Å². The molecule has 26 heavy (non-hydrogen) atoms. The molecule has 0 atom stereocenters. The molecule has 5 nitrogen and oxygen atoms in total. The average molecular weight is 437 g/mol. The minimum Gasteiger partial charge on any atom is -0.382 e. The molecule has 0 aliphatic rings. The molecule has 0 unspecified atom stereocenters. The van der Waals surface area contributed by atoms with Gasteiger partial charge in [0.25, 0.3) is 0 Å². The third-order valence-corrected chi connectivity index (χ3v) is 5.91. The van der Waals surface area contributed by atoms with E-state index >= 15 is 0 Å². The van der Waals surface area contributed by atoms with Crippen LogP contribution < -0.4 is 4.18 Å². The van der Waals surface area contributed by atoms with Gasteiger partial charge in [-0.25, -0.2) is 8.42 Å². The summed E-state index contributed by atoms with van der Waals surface area (Å²) in [7, 11) is -2.27. The summed E-state index contributed by atoms with van der Waals surface area (Å²) in [6.45, 7) is 0. The van der Waals surface area contributed by atoms with E-state index in [4.69, 9.17) is 14.9 Å². The first kappa shape index (κ1) is 23.0. The van der Waals surface area contributed by atoms with E-state index in [1.165, 1.54) is 0 Å². The highest BCUT2D eigenvalue weighted by Crippen LogP contribution is 2.30. The largest absolute Gasteiger partial charge is 0.416 e. The third kappa shape index (κ3) is 10.2. The van der Waals surface area contributed by atoms with Gasteiger partial charge in [-0.05, 0) is 37.1 Å². The van der Waals surface area contributed by atoms with E-state index in [0.717, 1.165) is 37.1 Å². The Morgan fingerprint density at radius 2 is 1.27 bits per heavy atom. The van der Waals surface area contributed by atoms with Crippen LogP contribution in [0.5, 0.6) is 5.75 Å². The van der Waals surface area contributed by atoms with E-state index in [0.29, 0.717) is 25.7 Å².